The largest absolute Gasteiger partial charge is 0.452 e. The number of ether oxygens (including phenoxy) is 1. The van der Waals surface area contributed by atoms with E-state index < -0.39 is 24.0 Å². The molecule has 1 aromatic carbocycles. The minimum absolute atomic E-state index is 0.167. The first-order valence-corrected chi connectivity index (χ1v) is 8.73. The van der Waals surface area contributed by atoms with E-state index in [-0.39, 0.29) is 16.5 Å². The Morgan fingerprint density at radius 2 is 2.22 bits per heavy atom. The number of amides is 1. The lowest BCUT2D eigenvalue weighted by atomic mass is 9.98. The zero-order chi connectivity index (χ0) is 17.0. The standard InChI is InChI=1S/C16H17ClN2O3S/c1-16(9-18,10-3-4-10)19-14(20)8-22-15(21)12-7-11(23-2)5-6-13(12)17/h5-7,10H,3-4,8H2,1-2H3,(H,19,20)/t16-/m0/s1. The van der Waals surface area contributed by atoms with E-state index >= 15 is 0 Å². The third-order valence-electron chi connectivity index (χ3n) is 3.75. The highest BCUT2D eigenvalue weighted by Crippen LogP contribution is 2.39. The Morgan fingerprint density at radius 1 is 1.52 bits per heavy atom. The van der Waals surface area contributed by atoms with E-state index in [0.29, 0.717) is 0 Å². The van der Waals surface area contributed by atoms with Gasteiger partial charge in [-0.15, -0.1) is 11.8 Å². The normalized spacial score (nSPS) is 16.1. The van der Waals surface area contributed by atoms with Crippen LogP contribution in [0, 0.1) is 17.2 Å². The molecule has 0 radical (unpaired) electrons. The van der Waals surface area contributed by atoms with Crippen LogP contribution in [0.15, 0.2) is 23.1 Å². The second-order valence-corrected chi connectivity index (χ2v) is 6.85. The van der Waals surface area contributed by atoms with Crippen LogP contribution < -0.4 is 5.32 Å². The molecule has 1 amide bonds. The van der Waals surface area contributed by atoms with E-state index in [0.717, 1.165) is 17.7 Å². The summed E-state index contributed by atoms with van der Waals surface area (Å²) in [6, 6.07) is 7.15. The van der Waals surface area contributed by atoms with E-state index in [9.17, 15) is 14.9 Å². The summed E-state index contributed by atoms with van der Waals surface area (Å²) in [5.74, 6) is -0.988. The minimum Gasteiger partial charge on any atom is -0.452 e. The average Bonchev–Trinajstić information content (AvgIpc) is 3.38. The molecule has 0 spiro atoms. The lowest BCUT2D eigenvalue weighted by molar-refractivity contribution is -0.125. The summed E-state index contributed by atoms with van der Waals surface area (Å²) in [6.45, 7) is 1.24. The third kappa shape index (κ3) is 4.40. The van der Waals surface area contributed by atoms with Gasteiger partial charge in [0.1, 0.15) is 5.54 Å². The van der Waals surface area contributed by atoms with Crippen molar-refractivity contribution in [2.75, 3.05) is 12.9 Å². The van der Waals surface area contributed by atoms with Crippen LogP contribution in [0.25, 0.3) is 0 Å². The molecule has 0 unspecified atom stereocenters. The van der Waals surface area contributed by atoms with Crippen LogP contribution in [-0.2, 0) is 9.53 Å². The van der Waals surface area contributed by atoms with E-state index in [1.165, 1.54) is 11.8 Å². The van der Waals surface area contributed by atoms with Crippen molar-refractivity contribution in [3.8, 4) is 6.07 Å². The Balaban J connectivity index is 1.94. The lowest BCUT2D eigenvalue weighted by Gasteiger charge is -2.22. The molecule has 1 atom stereocenters. The zero-order valence-electron chi connectivity index (χ0n) is 12.9. The Hall–Kier alpha value is -1.71. The molecule has 1 N–H and O–H groups in total. The average molecular weight is 353 g/mol. The molecule has 7 heteroatoms. The molecule has 122 valence electrons. The maximum Gasteiger partial charge on any atom is 0.340 e. The molecule has 1 saturated carbocycles. The SMILES string of the molecule is CSc1ccc(Cl)c(C(=O)OCC(=O)N[C@@](C)(C#N)C2CC2)c1. The first kappa shape index (κ1) is 17.6. The second kappa shape index (κ2) is 7.24. The van der Waals surface area contributed by atoms with Gasteiger partial charge in [-0.05, 0) is 50.1 Å². The molecule has 0 aromatic heterocycles. The summed E-state index contributed by atoms with van der Waals surface area (Å²) < 4.78 is 5.01. The lowest BCUT2D eigenvalue weighted by Crippen LogP contribution is -2.48. The number of nitrogens with zero attached hydrogens (tertiary/aromatic N) is 1. The zero-order valence-corrected chi connectivity index (χ0v) is 14.5. The first-order chi connectivity index (χ1) is 10.9. The number of hydrogen-bond acceptors (Lipinski definition) is 5. The van der Waals surface area contributed by atoms with Gasteiger partial charge >= 0.3 is 5.97 Å². The topological polar surface area (TPSA) is 79.2 Å². The van der Waals surface area contributed by atoms with Crippen LogP contribution in [0.2, 0.25) is 5.02 Å². The first-order valence-electron chi connectivity index (χ1n) is 7.12. The molecule has 5 nitrogen and oxygen atoms in total. The van der Waals surface area contributed by atoms with Gasteiger partial charge in [0.15, 0.2) is 6.61 Å². The number of carbonyl (C=O) groups is 2. The fourth-order valence-corrected chi connectivity index (χ4v) is 2.84. The van der Waals surface area contributed by atoms with Crippen molar-refractivity contribution in [3.63, 3.8) is 0 Å². The van der Waals surface area contributed by atoms with Crippen molar-refractivity contribution in [1.82, 2.24) is 5.32 Å². The van der Waals surface area contributed by atoms with Crippen LogP contribution in [-0.4, -0.2) is 30.3 Å². The Morgan fingerprint density at radius 3 is 2.78 bits per heavy atom. The molecule has 23 heavy (non-hydrogen) atoms. The van der Waals surface area contributed by atoms with Crippen LogP contribution in [0.4, 0.5) is 0 Å². The van der Waals surface area contributed by atoms with Crippen molar-refractivity contribution in [1.29, 1.82) is 5.26 Å². The van der Waals surface area contributed by atoms with Gasteiger partial charge < -0.3 is 10.1 Å². The molecule has 1 aliphatic carbocycles. The van der Waals surface area contributed by atoms with Crippen molar-refractivity contribution >= 4 is 35.2 Å². The predicted octanol–water partition coefficient (Wildman–Crippen LogP) is 3.03. The van der Waals surface area contributed by atoms with Crippen molar-refractivity contribution in [2.24, 2.45) is 5.92 Å². The van der Waals surface area contributed by atoms with E-state index in [1.807, 2.05) is 6.26 Å². The maximum absolute atomic E-state index is 12.1. The maximum atomic E-state index is 12.1. The van der Waals surface area contributed by atoms with Gasteiger partial charge in [0.25, 0.3) is 5.91 Å². The molecule has 2 rings (SSSR count). The molecule has 0 aliphatic heterocycles. The van der Waals surface area contributed by atoms with Crippen LogP contribution in [0.5, 0.6) is 0 Å². The van der Waals surface area contributed by atoms with Gasteiger partial charge in [-0.3, -0.25) is 4.79 Å². The number of halogens is 1. The second-order valence-electron chi connectivity index (χ2n) is 5.56. The molecular weight excluding hydrogens is 336 g/mol. The number of benzene rings is 1. The number of thioether (sulfide) groups is 1. The summed E-state index contributed by atoms with van der Waals surface area (Å²) in [7, 11) is 0. The van der Waals surface area contributed by atoms with Crippen LogP contribution >= 0.6 is 23.4 Å². The van der Waals surface area contributed by atoms with Gasteiger partial charge in [-0.2, -0.15) is 5.26 Å². The smallest absolute Gasteiger partial charge is 0.340 e. The van der Waals surface area contributed by atoms with Crippen LogP contribution in [0.3, 0.4) is 0 Å². The number of carbonyl (C=O) groups excluding carboxylic acids is 2. The van der Waals surface area contributed by atoms with Crippen molar-refractivity contribution < 1.29 is 14.3 Å². The Bertz CT molecular complexity index is 670. The molecular formula is C16H17ClN2O3S. The summed E-state index contributed by atoms with van der Waals surface area (Å²) in [5, 5.41) is 12.1. The van der Waals surface area contributed by atoms with Crippen LogP contribution in [0.1, 0.15) is 30.1 Å². The Labute approximate surface area is 144 Å². The number of esters is 1. The molecule has 1 aromatic rings. The minimum atomic E-state index is -0.903. The molecule has 1 aliphatic rings. The van der Waals surface area contributed by atoms with Crippen molar-refractivity contribution in [2.45, 2.75) is 30.2 Å². The fraction of sp³-hybridized carbons (Fsp3) is 0.438. The van der Waals surface area contributed by atoms with E-state index in [4.69, 9.17) is 16.3 Å². The highest BCUT2D eigenvalue weighted by Gasteiger charge is 2.43. The summed E-state index contributed by atoms with van der Waals surface area (Å²) in [4.78, 5) is 24.8. The summed E-state index contributed by atoms with van der Waals surface area (Å²) >= 11 is 7.46. The van der Waals surface area contributed by atoms with Gasteiger partial charge in [0, 0.05) is 4.90 Å². The van der Waals surface area contributed by atoms with Gasteiger partial charge in [-0.1, -0.05) is 11.6 Å². The highest BCUT2D eigenvalue weighted by atomic mass is 35.5. The fourth-order valence-electron chi connectivity index (χ4n) is 2.20. The van der Waals surface area contributed by atoms with Gasteiger partial charge in [0.05, 0.1) is 16.7 Å². The van der Waals surface area contributed by atoms with Gasteiger partial charge in [-0.25, -0.2) is 4.79 Å². The third-order valence-corrected chi connectivity index (χ3v) is 4.81. The predicted molar refractivity (Wildman–Crippen MR) is 88.4 cm³/mol. The number of rotatable bonds is 6. The number of nitriles is 1. The van der Waals surface area contributed by atoms with Gasteiger partial charge in [0.2, 0.25) is 0 Å². The quantitative estimate of drug-likeness (QED) is 0.628. The van der Waals surface area contributed by atoms with E-state index in [1.54, 1.807) is 25.1 Å². The highest BCUT2D eigenvalue weighted by molar-refractivity contribution is 7.98. The van der Waals surface area contributed by atoms with E-state index in [2.05, 4.69) is 11.4 Å². The monoisotopic (exact) mass is 352 g/mol. The Kier molecular flexibility index (Phi) is 5.55. The number of hydrogen-bond donors (Lipinski definition) is 1. The molecule has 0 saturated heterocycles. The number of nitrogens with one attached hydrogen (secondary N) is 1. The van der Waals surface area contributed by atoms with Crippen molar-refractivity contribution in [3.05, 3.63) is 28.8 Å². The molecule has 1 fully saturated rings. The molecule has 0 heterocycles. The summed E-state index contributed by atoms with van der Waals surface area (Å²) in [6.07, 6.45) is 3.72. The summed E-state index contributed by atoms with van der Waals surface area (Å²) in [5.41, 5.74) is -0.684. The molecule has 0 bridgehead atoms.